The topological polar surface area (TPSA) is 73.4 Å². The molecule has 2 rings (SSSR count). The highest BCUT2D eigenvalue weighted by Gasteiger charge is 2.29. The Morgan fingerprint density at radius 3 is 2.75 bits per heavy atom. The largest absolute Gasteiger partial charge is 0.390 e. The van der Waals surface area contributed by atoms with Gasteiger partial charge in [-0.05, 0) is 24.8 Å². The maximum atomic E-state index is 12.0. The first kappa shape index (κ1) is 11.6. The van der Waals surface area contributed by atoms with Crippen LogP contribution in [-0.4, -0.2) is 36.4 Å². The summed E-state index contributed by atoms with van der Waals surface area (Å²) in [5.41, 5.74) is 0.512. The predicted octanol–water partition coefficient (Wildman–Crippen LogP) is 0.537. The van der Waals surface area contributed by atoms with E-state index in [2.05, 4.69) is 4.98 Å². The standard InChI is InChI=1S/C10H16N2O3S/c1-12(6-8-2-3-8)16(14,15)10-4-9(7-13)11-5-10/h4-5,8,11,13H,2-3,6-7H2,1H3. The summed E-state index contributed by atoms with van der Waals surface area (Å²) in [5.74, 6) is 0.524. The van der Waals surface area contributed by atoms with E-state index < -0.39 is 10.0 Å². The van der Waals surface area contributed by atoms with Gasteiger partial charge in [0.25, 0.3) is 0 Å². The molecule has 0 spiro atoms. The van der Waals surface area contributed by atoms with E-state index >= 15 is 0 Å². The first-order valence-electron chi connectivity index (χ1n) is 5.28. The molecule has 0 bridgehead atoms. The smallest absolute Gasteiger partial charge is 0.244 e. The number of H-pyrrole nitrogens is 1. The average Bonchev–Trinajstić information content (AvgIpc) is 2.93. The highest BCUT2D eigenvalue weighted by Crippen LogP contribution is 2.31. The van der Waals surface area contributed by atoms with Crippen LogP contribution < -0.4 is 0 Å². The van der Waals surface area contributed by atoms with Crippen LogP contribution in [0.1, 0.15) is 18.5 Å². The molecule has 0 amide bonds. The quantitative estimate of drug-likeness (QED) is 0.794. The van der Waals surface area contributed by atoms with E-state index in [0.29, 0.717) is 18.2 Å². The molecule has 1 fully saturated rings. The van der Waals surface area contributed by atoms with Gasteiger partial charge in [0, 0.05) is 25.5 Å². The SMILES string of the molecule is CN(CC1CC1)S(=O)(=O)c1c[nH]c(CO)c1. The van der Waals surface area contributed by atoms with Crippen LogP contribution in [0.4, 0.5) is 0 Å². The molecular formula is C10H16N2O3S. The lowest BCUT2D eigenvalue weighted by atomic mass is 10.4. The van der Waals surface area contributed by atoms with Crippen molar-refractivity contribution in [2.24, 2.45) is 5.92 Å². The monoisotopic (exact) mass is 244 g/mol. The Bertz CT molecular complexity index is 462. The van der Waals surface area contributed by atoms with Gasteiger partial charge >= 0.3 is 0 Å². The van der Waals surface area contributed by atoms with Gasteiger partial charge in [-0.3, -0.25) is 0 Å². The second-order valence-electron chi connectivity index (χ2n) is 4.25. The van der Waals surface area contributed by atoms with Gasteiger partial charge in [0.2, 0.25) is 10.0 Å². The minimum absolute atomic E-state index is 0.179. The van der Waals surface area contributed by atoms with Gasteiger partial charge in [0.1, 0.15) is 0 Å². The number of rotatable bonds is 5. The third kappa shape index (κ3) is 2.28. The lowest BCUT2D eigenvalue weighted by Gasteiger charge is -2.15. The van der Waals surface area contributed by atoms with E-state index in [9.17, 15) is 8.42 Å². The molecule has 0 aromatic carbocycles. The zero-order valence-corrected chi connectivity index (χ0v) is 10.00. The van der Waals surface area contributed by atoms with Crippen molar-refractivity contribution < 1.29 is 13.5 Å². The Balaban J connectivity index is 2.16. The summed E-state index contributed by atoms with van der Waals surface area (Å²) in [5, 5.41) is 8.87. The molecule has 2 N–H and O–H groups in total. The number of hydrogen-bond acceptors (Lipinski definition) is 3. The Labute approximate surface area is 95.1 Å². The summed E-state index contributed by atoms with van der Waals surface area (Å²) < 4.78 is 25.5. The van der Waals surface area contributed by atoms with Crippen LogP contribution in [0.15, 0.2) is 17.2 Å². The molecule has 16 heavy (non-hydrogen) atoms. The first-order chi connectivity index (χ1) is 7.54. The summed E-state index contributed by atoms with van der Waals surface area (Å²) in [7, 11) is -1.80. The summed E-state index contributed by atoms with van der Waals surface area (Å²) in [6, 6.07) is 1.47. The van der Waals surface area contributed by atoms with Crippen LogP contribution in [0, 0.1) is 5.92 Å². The van der Waals surface area contributed by atoms with Gasteiger partial charge in [0.15, 0.2) is 0 Å². The molecule has 1 heterocycles. The normalized spacial score (nSPS) is 16.9. The molecule has 0 atom stereocenters. The van der Waals surface area contributed by atoms with Gasteiger partial charge in [-0.1, -0.05) is 0 Å². The van der Waals surface area contributed by atoms with Crippen molar-refractivity contribution in [2.75, 3.05) is 13.6 Å². The summed E-state index contributed by atoms with van der Waals surface area (Å²) in [6.45, 7) is 0.407. The average molecular weight is 244 g/mol. The molecule has 0 radical (unpaired) electrons. The van der Waals surface area contributed by atoms with E-state index in [0.717, 1.165) is 12.8 Å². The fourth-order valence-corrected chi connectivity index (χ4v) is 2.87. The molecule has 1 aliphatic rings. The van der Waals surface area contributed by atoms with Gasteiger partial charge < -0.3 is 10.1 Å². The van der Waals surface area contributed by atoms with E-state index in [1.165, 1.54) is 16.6 Å². The number of nitrogens with one attached hydrogen (secondary N) is 1. The third-order valence-electron chi connectivity index (χ3n) is 2.81. The van der Waals surface area contributed by atoms with Crippen LogP contribution in [0.25, 0.3) is 0 Å². The molecule has 5 nitrogen and oxygen atoms in total. The van der Waals surface area contributed by atoms with Crippen LogP contribution in [0.5, 0.6) is 0 Å². The van der Waals surface area contributed by atoms with E-state index in [-0.39, 0.29) is 11.5 Å². The van der Waals surface area contributed by atoms with E-state index in [1.54, 1.807) is 7.05 Å². The van der Waals surface area contributed by atoms with Crippen molar-refractivity contribution in [3.8, 4) is 0 Å². The zero-order valence-electron chi connectivity index (χ0n) is 9.18. The Morgan fingerprint density at radius 1 is 1.56 bits per heavy atom. The summed E-state index contributed by atoms with van der Waals surface area (Å²) in [6.07, 6.45) is 3.66. The number of aromatic amines is 1. The van der Waals surface area contributed by atoms with Crippen LogP contribution in [0.3, 0.4) is 0 Å². The number of aliphatic hydroxyl groups is 1. The lowest BCUT2D eigenvalue weighted by Crippen LogP contribution is -2.28. The first-order valence-corrected chi connectivity index (χ1v) is 6.72. The third-order valence-corrected chi connectivity index (χ3v) is 4.61. The van der Waals surface area contributed by atoms with Gasteiger partial charge in [-0.15, -0.1) is 0 Å². The molecule has 0 unspecified atom stereocenters. The Kier molecular flexibility index (Phi) is 3.05. The summed E-state index contributed by atoms with van der Waals surface area (Å²) in [4.78, 5) is 2.95. The van der Waals surface area contributed by atoms with Crippen LogP contribution in [0.2, 0.25) is 0 Å². The number of aromatic nitrogens is 1. The van der Waals surface area contributed by atoms with Crippen LogP contribution >= 0.6 is 0 Å². The molecule has 90 valence electrons. The lowest BCUT2D eigenvalue weighted by molar-refractivity contribution is 0.277. The Hall–Kier alpha value is -0.850. The number of aliphatic hydroxyl groups excluding tert-OH is 1. The second kappa shape index (κ2) is 4.20. The fraction of sp³-hybridized carbons (Fsp3) is 0.600. The highest BCUT2D eigenvalue weighted by atomic mass is 32.2. The zero-order chi connectivity index (χ0) is 11.8. The van der Waals surface area contributed by atoms with Gasteiger partial charge in [0.05, 0.1) is 11.5 Å². The fourth-order valence-electron chi connectivity index (χ4n) is 1.60. The second-order valence-corrected chi connectivity index (χ2v) is 6.29. The molecule has 1 aromatic rings. The molecule has 6 heteroatoms. The van der Waals surface area contributed by atoms with E-state index in [4.69, 9.17) is 5.11 Å². The van der Waals surface area contributed by atoms with Crippen molar-refractivity contribution in [3.63, 3.8) is 0 Å². The maximum absolute atomic E-state index is 12.0. The van der Waals surface area contributed by atoms with Crippen molar-refractivity contribution in [1.82, 2.24) is 9.29 Å². The van der Waals surface area contributed by atoms with Crippen LogP contribution in [-0.2, 0) is 16.6 Å². The highest BCUT2D eigenvalue weighted by molar-refractivity contribution is 7.89. The Morgan fingerprint density at radius 2 is 2.25 bits per heavy atom. The van der Waals surface area contributed by atoms with Crippen molar-refractivity contribution in [1.29, 1.82) is 0 Å². The number of nitrogens with zero attached hydrogens (tertiary/aromatic N) is 1. The molecule has 1 aliphatic carbocycles. The molecule has 1 aromatic heterocycles. The van der Waals surface area contributed by atoms with Crippen molar-refractivity contribution in [3.05, 3.63) is 18.0 Å². The minimum atomic E-state index is -3.39. The van der Waals surface area contributed by atoms with Gasteiger partial charge in [-0.2, -0.15) is 0 Å². The molecular weight excluding hydrogens is 228 g/mol. The van der Waals surface area contributed by atoms with Crippen molar-refractivity contribution in [2.45, 2.75) is 24.3 Å². The number of hydrogen-bond donors (Lipinski definition) is 2. The minimum Gasteiger partial charge on any atom is -0.390 e. The predicted molar refractivity (Wildman–Crippen MR) is 59.3 cm³/mol. The maximum Gasteiger partial charge on any atom is 0.244 e. The van der Waals surface area contributed by atoms with Gasteiger partial charge in [-0.25, -0.2) is 12.7 Å². The van der Waals surface area contributed by atoms with Crippen molar-refractivity contribution >= 4 is 10.0 Å². The van der Waals surface area contributed by atoms with E-state index in [1.807, 2.05) is 0 Å². The summed E-state index contributed by atoms with van der Waals surface area (Å²) >= 11 is 0. The molecule has 0 aliphatic heterocycles. The molecule has 0 saturated heterocycles. The molecule has 1 saturated carbocycles. The number of sulfonamides is 1.